The van der Waals surface area contributed by atoms with Crippen molar-refractivity contribution >= 4 is 40.5 Å². The second kappa shape index (κ2) is 8.65. The number of anilines is 2. The van der Waals surface area contributed by atoms with Gasteiger partial charge in [0.05, 0.1) is 0 Å². The Labute approximate surface area is 156 Å². The molecule has 0 saturated heterocycles. The van der Waals surface area contributed by atoms with Gasteiger partial charge in [0.25, 0.3) is 0 Å². The third kappa shape index (κ3) is 5.59. The van der Waals surface area contributed by atoms with Gasteiger partial charge in [-0.25, -0.2) is 4.39 Å². The summed E-state index contributed by atoms with van der Waals surface area (Å²) in [6.07, 6.45) is 0. The maximum absolute atomic E-state index is 12.9. The Balaban J connectivity index is 1.51. The molecule has 0 fully saturated rings. The van der Waals surface area contributed by atoms with E-state index in [0.29, 0.717) is 5.11 Å². The summed E-state index contributed by atoms with van der Waals surface area (Å²) in [6.45, 7) is 0. The third-order valence-corrected chi connectivity index (χ3v) is 4.75. The molecule has 0 unspecified atom stereocenters. The van der Waals surface area contributed by atoms with Crippen LogP contribution < -0.4 is 10.6 Å². The lowest BCUT2D eigenvalue weighted by molar-refractivity contribution is 0.628. The molecule has 0 saturated carbocycles. The lowest BCUT2D eigenvalue weighted by Gasteiger charge is -2.11. The van der Waals surface area contributed by atoms with Crippen LogP contribution >= 0.6 is 24.0 Å². The quantitative estimate of drug-likeness (QED) is 0.431. The highest BCUT2D eigenvalue weighted by atomic mass is 32.2. The first kappa shape index (κ1) is 17.5. The van der Waals surface area contributed by atoms with Gasteiger partial charge in [-0.2, -0.15) is 0 Å². The minimum atomic E-state index is -0.270. The molecule has 0 aromatic heterocycles. The summed E-state index contributed by atoms with van der Waals surface area (Å²) < 4.78 is 12.9. The van der Waals surface area contributed by atoms with Gasteiger partial charge < -0.3 is 10.6 Å². The Kier molecular flexibility index (Phi) is 6.04. The molecule has 0 radical (unpaired) electrons. The van der Waals surface area contributed by atoms with Crippen LogP contribution in [0.1, 0.15) is 5.56 Å². The van der Waals surface area contributed by atoms with Crippen LogP contribution in [0.4, 0.5) is 15.8 Å². The van der Waals surface area contributed by atoms with Gasteiger partial charge in [0, 0.05) is 22.0 Å². The van der Waals surface area contributed by atoms with E-state index < -0.39 is 0 Å². The Morgan fingerprint density at radius 2 is 1.36 bits per heavy atom. The SMILES string of the molecule is Fc1ccc(NC(=S)Nc2ccc(CSc3ccccc3)cc2)cc1. The third-order valence-electron chi connectivity index (χ3n) is 3.46. The summed E-state index contributed by atoms with van der Waals surface area (Å²) in [7, 11) is 0. The predicted molar refractivity (Wildman–Crippen MR) is 109 cm³/mol. The van der Waals surface area contributed by atoms with Gasteiger partial charge in [0.2, 0.25) is 0 Å². The van der Waals surface area contributed by atoms with Crippen LogP contribution in [-0.2, 0) is 5.75 Å². The van der Waals surface area contributed by atoms with Crippen LogP contribution in [0.2, 0.25) is 0 Å². The minimum Gasteiger partial charge on any atom is -0.332 e. The first-order chi connectivity index (χ1) is 12.2. The first-order valence-corrected chi connectivity index (χ1v) is 9.19. The average Bonchev–Trinajstić information content (AvgIpc) is 2.64. The molecule has 25 heavy (non-hydrogen) atoms. The lowest BCUT2D eigenvalue weighted by atomic mass is 10.2. The number of hydrogen-bond acceptors (Lipinski definition) is 2. The number of halogens is 1. The summed E-state index contributed by atoms with van der Waals surface area (Å²) >= 11 is 7.09. The van der Waals surface area contributed by atoms with Gasteiger partial charge in [0.1, 0.15) is 5.82 Å². The molecule has 0 spiro atoms. The van der Waals surface area contributed by atoms with Crippen molar-refractivity contribution in [2.45, 2.75) is 10.6 Å². The molecule has 0 bridgehead atoms. The lowest BCUT2D eigenvalue weighted by Crippen LogP contribution is -2.18. The zero-order valence-electron chi connectivity index (χ0n) is 13.4. The average molecular weight is 369 g/mol. The van der Waals surface area contributed by atoms with E-state index in [9.17, 15) is 4.39 Å². The number of thioether (sulfide) groups is 1. The number of thiocarbonyl (C=S) groups is 1. The van der Waals surface area contributed by atoms with Crippen molar-refractivity contribution in [1.29, 1.82) is 0 Å². The highest BCUT2D eigenvalue weighted by Crippen LogP contribution is 2.23. The number of nitrogens with one attached hydrogen (secondary N) is 2. The summed E-state index contributed by atoms with van der Waals surface area (Å²) in [4.78, 5) is 1.26. The molecule has 0 atom stereocenters. The van der Waals surface area contributed by atoms with Crippen LogP contribution in [0.25, 0.3) is 0 Å². The number of benzene rings is 3. The minimum absolute atomic E-state index is 0.270. The highest BCUT2D eigenvalue weighted by molar-refractivity contribution is 7.98. The van der Waals surface area contributed by atoms with Gasteiger partial charge in [-0.15, -0.1) is 11.8 Å². The molecule has 0 aliphatic carbocycles. The van der Waals surface area contributed by atoms with E-state index in [4.69, 9.17) is 12.2 Å². The van der Waals surface area contributed by atoms with E-state index in [-0.39, 0.29) is 5.82 Å². The summed E-state index contributed by atoms with van der Waals surface area (Å²) in [5, 5.41) is 6.62. The zero-order valence-corrected chi connectivity index (χ0v) is 15.0. The van der Waals surface area contributed by atoms with Crippen LogP contribution in [0, 0.1) is 5.82 Å². The van der Waals surface area contributed by atoms with Crippen LogP contribution in [0.15, 0.2) is 83.8 Å². The van der Waals surface area contributed by atoms with Gasteiger partial charge in [-0.1, -0.05) is 30.3 Å². The summed E-state index contributed by atoms with van der Waals surface area (Å²) in [5.41, 5.74) is 2.90. The number of hydrogen-bond donors (Lipinski definition) is 2. The zero-order chi connectivity index (χ0) is 17.5. The van der Waals surface area contributed by atoms with Crippen molar-refractivity contribution in [3.8, 4) is 0 Å². The summed E-state index contributed by atoms with van der Waals surface area (Å²) in [5.74, 6) is 0.649. The number of rotatable bonds is 5. The Bertz CT molecular complexity index is 819. The Morgan fingerprint density at radius 1 is 0.800 bits per heavy atom. The van der Waals surface area contributed by atoms with E-state index in [0.717, 1.165) is 17.1 Å². The molecule has 0 amide bonds. The molecular formula is C20H17FN2S2. The molecule has 3 aromatic carbocycles. The molecule has 5 heteroatoms. The van der Waals surface area contributed by atoms with Crippen molar-refractivity contribution in [2.75, 3.05) is 10.6 Å². The van der Waals surface area contributed by atoms with Crippen LogP contribution in [0.5, 0.6) is 0 Å². The van der Waals surface area contributed by atoms with Gasteiger partial charge >= 0.3 is 0 Å². The van der Waals surface area contributed by atoms with Crippen molar-refractivity contribution in [2.24, 2.45) is 0 Å². The van der Waals surface area contributed by atoms with Crippen LogP contribution in [-0.4, -0.2) is 5.11 Å². The smallest absolute Gasteiger partial charge is 0.175 e. The highest BCUT2D eigenvalue weighted by Gasteiger charge is 2.01. The molecule has 0 aliphatic rings. The van der Waals surface area contributed by atoms with Gasteiger partial charge in [-0.3, -0.25) is 0 Å². The summed E-state index contributed by atoms with van der Waals surface area (Å²) in [6, 6.07) is 24.6. The van der Waals surface area contributed by atoms with Crippen LogP contribution in [0.3, 0.4) is 0 Å². The molecule has 0 aliphatic heterocycles. The predicted octanol–water partition coefficient (Wildman–Crippen LogP) is 5.93. The van der Waals surface area contributed by atoms with Crippen molar-refractivity contribution in [1.82, 2.24) is 0 Å². The van der Waals surface area contributed by atoms with E-state index in [1.807, 2.05) is 42.1 Å². The maximum atomic E-state index is 12.9. The van der Waals surface area contributed by atoms with Gasteiger partial charge in [-0.05, 0) is 66.3 Å². The monoisotopic (exact) mass is 368 g/mol. The molecule has 3 aromatic rings. The molecule has 2 N–H and O–H groups in total. The van der Waals surface area contributed by atoms with Crippen molar-refractivity contribution < 1.29 is 4.39 Å². The second-order valence-electron chi connectivity index (χ2n) is 5.38. The molecular weight excluding hydrogens is 351 g/mol. The first-order valence-electron chi connectivity index (χ1n) is 7.79. The topological polar surface area (TPSA) is 24.1 Å². The van der Waals surface area contributed by atoms with E-state index in [1.165, 1.54) is 22.6 Å². The second-order valence-corrected chi connectivity index (χ2v) is 6.84. The van der Waals surface area contributed by atoms with Crippen molar-refractivity contribution in [3.63, 3.8) is 0 Å². The maximum Gasteiger partial charge on any atom is 0.175 e. The van der Waals surface area contributed by atoms with Crippen molar-refractivity contribution in [3.05, 3.63) is 90.2 Å². The van der Waals surface area contributed by atoms with Gasteiger partial charge in [0.15, 0.2) is 5.11 Å². The Morgan fingerprint density at radius 3 is 1.96 bits per heavy atom. The fourth-order valence-corrected chi connectivity index (χ4v) is 3.31. The fraction of sp³-hybridized carbons (Fsp3) is 0.0500. The van der Waals surface area contributed by atoms with E-state index >= 15 is 0 Å². The fourth-order valence-electron chi connectivity index (χ4n) is 2.19. The largest absolute Gasteiger partial charge is 0.332 e. The molecule has 3 rings (SSSR count). The van der Waals surface area contributed by atoms with E-state index in [1.54, 1.807) is 12.1 Å². The molecule has 2 nitrogen and oxygen atoms in total. The molecule has 0 heterocycles. The standard InChI is InChI=1S/C20H17FN2S2/c21-16-8-12-18(13-9-16)23-20(24)22-17-10-6-15(7-11-17)14-25-19-4-2-1-3-5-19/h1-13H,14H2,(H2,22,23,24). The normalized spacial score (nSPS) is 10.3. The molecule has 126 valence electrons. The Hall–Kier alpha value is -2.37. The van der Waals surface area contributed by atoms with E-state index in [2.05, 4.69) is 34.9 Å².